The molecular formula is C5H8F2N2O2S. The Labute approximate surface area is 68.6 Å². The number of halogens is 2. The number of hydrogen-bond donors (Lipinski definition) is 1. The predicted molar refractivity (Wildman–Crippen MR) is 39.8 cm³/mol. The molecule has 0 aliphatic carbocycles. The van der Waals surface area contributed by atoms with Gasteiger partial charge in [0.25, 0.3) is 6.43 Å². The molecule has 0 fully saturated rings. The summed E-state index contributed by atoms with van der Waals surface area (Å²) < 4.78 is 45.5. The minimum absolute atomic E-state index is 0.201. The number of sulfone groups is 1. The van der Waals surface area contributed by atoms with Gasteiger partial charge in [-0.15, -0.1) is 0 Å². The first-order valence-corrected chi connectivity index (χ1v) is 5.10. The Bertz CT molecular complexity index is 299. The molecule has 0 saturated heterocycles. The molecule has 1 unspecified atom stereocenters. The molecule has 1 atom stereocenters. The Kier molecular flexibility index (Phi) is 2.31. The van der Waals surface area contributed by atoms with Crippen molar-refractivity contribution >= 4 is 14.9 Å². The average molecular weight is 198 g/mol. The van der Waals surface area contributed by atoms with Gasteiger partial charge in [-0.3, -0.25) is 5.43 Å². The molecule has 12 heavy (non-hydrogen) atoms. The Morgan fingerprint density at radius 2 is 2.25 bits per heavy atom. The third kappa shape index (κ3) is 1.90. The number of rotatable bonds is 1. The monoisotopic (exact) mass is 198 g/mol. The van der Waals surface area contributed by atoms with Gasteiger partial charge in [-0.2, -0.15) is 5.10 Å². The highest BCUT2D eigenvalue weighted by Crippen LogP contribution is 2.13. The van der Waals surface area contributed by atoms with E-state index in [0.717, 1.165) is 6.26 Å². The predicted octanol–water partition coefficient (Wildman–Crippen LogP) is -0.0285. The average Bonchev–Trinajstić information content (AvgIpc) is 2.30. The molecule has 0 bridgehead atoms. The lowest BCUT2D eigenvalue weighted by atomic mass is 10.2. The van der Waals surface area contributed by atoms with E-state index < -0.39 is 22.3 Å². The van der Waals surface area contributed by atoms with Gasteiger partial charge in [-0.05, 0) is 0 Å². The van der Waals surface area contributed by atoms with E-state index in [0.29, 0.717) is 0 Å². The van der Waals surface area contributed by atoms with Crippen LogP contribution in [0.2, 0.25) is 0 Å². The lowest BCUT2D eigenvalue weighted by Gasteiger charge is -2.05. The molecule has 0 aromatic carbocycles. The summed E-state index contributed by atoms with van der Waals surface area (Å²) in [5.74, 6) is 0. The molecule has 1 aliphatic heterocycles. The van der Waals surface area contributed by atoms with Crippen molar-refractivity contribution in [2.24, 2.45) is 5.10 Å². The van der Waals surface area contributed by atoms with Crippen molar-refractivity contribution < 1.29 is 17.2 Å². The van der Waals surface area contributed by atoms with E-state index in [4.69, 9.17) is 0 Å². The van der Waals surface area contributed by atoms with E-state index in [1.165, 1.54) is 0 Å². The van der Waals surface area contributed by atoms with Gasteiger partial charge in [-0.25, -0.2) is 17.2 Å². The molecule has 0 aromatic heterocycles. The van der Waals surface area contributed by atoms with E-state index in [9.17, 15) is 17.2 Å². The minimum atomic E-state index is -3.41. The number of hydrogen-bond acceptors (Lipinski definition) is 4. The SMILES string of the molecule is CS(=O)(=O)C1=NNC(C(F)F)C1. The normalized spacial score (nSPS) is 24.0. The van der Waals surface area contributed by atoms with Crippen molar-refractivity contribution in [1.82, 2.24) is 5.43 Å². The van der Waals surface area contributed by atoms with Gasteiger partial charge in [0, 0.05) is 12.7 Å². The zero-order valence-electron chi connectivity index (χ0n) is 6.29. The largest absolute Gasteiger partial charge is 0.300 e. The molecule has 1 rings (SSSR count). The fourth-order valence-electron chi connectivity index (χ4n) is 0.814. The first kappa shape index (κ1) is 9.37. The number of alkyl halides is 2. The van der Waals surface area contributed by atoms with Crippen LogP contribution < -0.4 is 5.43 Å². The molecule has 1 N–H and O–H groups in total. The van der Waals surface area contributed by atoms with Gasteiger partial charge in [-0.1, -0.05) is 0 Å². The van der Waals surface area contributed by atoms with Gasteiger partial charge in [0.2, 0.25) is 0 Å². The Hall–Kier alpha value is -0.720. The van der Waals surface area contributed by atoms with E-state index in [1.807, 2.05) is 0 Å². The molecule has 0 spiro atoms. The van der Waals surface area contributed by atoms with E-state index in [2.05, 4.69) is 10.5 Å². The third-order valence-corrected chi connectivity index (χ3v) is 2.60. The molecule has 4 nitrogen and oxygen atoms in total. The molecule has 1 heterocycles. The zero-order valence-corrected chi connectivity index (χ0v) is 7.11. The fourth-order valence-corrected chi connectivity index (χ4v) is 1.51. The smallest absolute Gasteiger partial charge is 0.260 e. The van der Waals surface area contributed by atoms with Crippen LogP contribution in [-0.4, -0.2) is 32.2 Å². The molecule has 0 saturated carbocycles. The maximum Gasteiger partial charge on any atom is 0.260 e. The summed E-state index contributed by atoms with van der Waals surface area (Å²) in [6.45, 7) is 0. The van der Waals surface area contributed by atoms with Crippen LogP contribution in [-0.2, 0) is 9.84 Å². The first-order valence-electron chi connectivity index (χ1n) is 3.21. The van der Waals surface area contributed by atoms with Crippen LogP contribution >= 0.6 is 0 Å². The maximum absolute atomic E-state index is 12.0. The Morgan fingerprint density at radius 3 is 2.50 bits per heavy atom. The molecule has 0 radical (unpaired) electrons. The summed E-state index contributed by atoms with van der Waals surface area (Å²) in [6, 6.07) is -1.16. The molecular weight excluding hydrogens is 190 g/mol. The third-order valence-electron chi connectivity index (χ3n) is 1.48. The lowest BCUT2D eigenvalue weighted by Crippen LogP contribution is -2.28. The number of hydrazone groups is 1. The molecule has 70 valence electrons. The highest BCUT2D eigenvalue weighted by molar-refractivity contribution is 8.05. The van der Waals surface area contributed by atoms with E-state index >= 15 is 0 Å². The summed E-state index contributed by atoms with van der Waals surface area (Å²) in [5.41, 5.74) is 2.07. The number of nitrogens with one attached hydrogen (secondary N) is 1. The van der Waals surface area contributed by atoms with E-state index in [-0.39, 0.29) is 11.5 Å². The summed E-state index contributed by atoms with van der Waals surface area (Å²) in [4.78, 5) is 0. The highest BCUT2D eigenvalue weighted by Gasteiger charge is 2.30. The van der Waals surface area contributed by atoms with Gasteiger partial charge in [0.1, 0.15) is 6.04 Å². The second kappa shape index (κ2) is 2.96. The van der Waals surface area contributed by atoms with Gasteiger partial charge in [0.05, 0.1) is 0 Å². The second-order valence-electron chi connectivity index (χ2n) is 2.55. The standard InChI is InChI=1S/C5H8F2N2O2S/c1-12(10,11)4-2-3(5(6)7)8-9-4/h3,5,8H,2H2,1H3. The summed E-state index contributed by atoms with van der Waals surface area (Å²) in [7, 11) is -3.41. The number of nitrogens with zero attached hydrogens (tertiary/aromatic N) is 1. The van der Waals surface area contributed by atoms with Crippen molar-refractivity contribution in [2.75, 3.05) is 6.26 Å². The van der Waals surface area contributed by atoms with Crippen molar-refractivity contribution in [3.05, 3.63) is 0 Å². The summed E-state index contributed by atoms with van der Waals surface area (Å²) >= 11 is 0. The van der Waals surface area contributed by atoms with Crippen LogP contribution in [0.3, 0.4) is 0 Å². The van der Waals surface area contributed by atoms with Crippen molar-refractivity contribution in [1.29, 1.82) is 0 Å². The van der Waals surface area contributed by atoms with Crippen molar-refractivity contribution in [2.45, 2.75) is 18.9 Å². The quantitative estimate of drug-likeness (QED) is 0.643. The molecule has 1 aliphatic rings. The Morgan fingerprint density at radius 1 is 1.67 bits per heavy atom. The summed E-state index contributed by atoms with van der Waals surface area (Å²) in [5, 5.41) is 3.11. The second-order valence-corrected chi connectivity index (χ2v) is 4.57. The van der Waals surface area contributed by atoms with Crippen LogP contribution in [0.5, 0.6) is 0 Å². The zero-order chi connectivity index (χ0) is 9.35. The van der Waals surface area contributed by atoms with Crippen LogP contribution in [0.4, 0.5) is 8.78 Å². The van der Waals surface area contributed by atoms with Crippen LogP contribution in [0.1, 0.15) is 6.42 Å². The van der Waals surface area contributed by atoms with Crippen LogP contribution in [0.15, 0.2) is 5.10 Å². The van der Waals surface area contributed by atoms with Crippen molar-refractivity contribution in [3.8, 4) is 0 Å². The first-order chi connectivity index (χ1) is 5.41. The molecule has 7 heteroatoms. The maximum atomic E-state index is 12.0. The highest BCUT2D eigenvalue weighted by atomic mass is 32.2. The molecule has 0 amide bonds. The van der Waals surface area contributed by atoms with Gasteiger partial charge >= 0.3 is 0 Å². The van der Waals surface area contributed by atoms with Gasteiger partial charge < -0.3 is 0 Å². The summed E-state index contributed by atoms with van der Waals surface area (Å²) in [6.07, 6.45) is -1.87. The Balaban J connectivity index is 2.67. The minimum Gasteiger partial charge on any atom is -0.300 e. The van der Waals surface area contributed by atoms with Crippen molar-refractivity contribution in [3.63, 3.8) is 0 Å². The lowest BCUT2D eigenvalue weighted by molar-refractivity contribution is 0.106. The van der Waals surface area contributed by atoms with Crippen LogP contribution in [0.25, 0.3) is 0 Å². The topological polar surface area (TPSA) is 58.5 Å². The molecule has 0 aromatic rings. The van der Waals surface area contributed by atoms with Crippen LogP contribution in [0, 0.1) is 0 Å². The van der Waals surface area contributed by atoms with Gasteiger partial charge in [0.15, 0.2) is 14.9 Å². The fraction of sp³-hybridized carbons (Fsp3) is 0.800. The van der Waals surface area contributed by atoms with E-state index in [1.54, 1.807) is 0 Å².